The number of hydrogen-bond donors (Lipinski definition) is 0. The van der Waals surface area contributed by atoms with Crippen molar-refractivity contribution in [1.29, 1.82) is 0 Å². The maximum Gasteiger partial charge on any atom is 0.134 e. The van der Waals surface area contributed by atoms with Crippen LogP contribution in [0, 0.1) is 0 Å². The van der Waals surface area contributed by atoms with Gasteiger partial charge in [0.2, 0.25) is 0 Å². The van der Waals surface area contributed by atoms with Gasteiger partial charge in [-0.3, -0.25) is 19.9 Å². The number of pyridine rings is 4. The molecule has 0 amide bonds. The van der Waals surface area contributed by atoms with Gasteiger partial charge >= 0.3 is 0 Å². The van der Waals surface area contributed by atoms with Crippen LogP contribution in [0.1, 0.15) is 199 Å². The number of ether oxygens (including phenoxy) is 8. The van der Waals surface area contributed by atoms with Crippen LogP contribution in [0.3, 0.4) is 0 Å². The van der Waals surface area contributed by atoms with Crippen LogP contribution in [0.15, 0.2) is 122 Å². The second kappa shape index (κ2) is 27.5. The summed E-state index contributed by atoms with van der Waals surface area (Å²) in [7, 11) is 0. The van der Waals surface area contributed by atoms with Gasteiger partial charge in [0.25, 0.3) is 0 Å². The third kappa shape index (κ3) is 11.5. The van der Waals surface area contributed by atoms with Crippen LogP contribution in [-0.2, 0) is 0 Å². The predicted octanol–water partition coefficient (Wildman–Crippen LogP) is 18.2. The lowest BCUT2D eigenvalue weighted by atomic mass is 9.73. The molecule has 13 rings (SSSR count). The Morgan fingerprint density at radius 3 is 0.636 bits per heavy atom. The van der Waals surface area contributed by atoms with Crippen LogP contribution in [0.2, 0.25) is 0 Å². The van der Waals surface area contributed by atoms with Gasteiger partial charge in [0.1, 0.15) is 98.9 Å². The highest BCUT2D eigenvalue weighted by Crippen LogP contribution is 2.61. The van der Waals surface area contributed by atoms with Crippen molar-refractivity contribution in [3.63, 3.8) is 0 Å². The summed E-state index contributed by atoms with van der Waals surface area (Å²) < 4.78 is 59.3. The maximum atomic E-state index is 7.41. The summed E-state index contributed by atoms with van der Waals surface area (Å²) in [6.07, 6.45) is 30.9. The van der Waals surface area contributed by atoms with Crippen molar-refractivity contribution in [3.05, 3.63) is 167 Å². The minimum Gasteiger partial charge on any atom is -0.489 e. The van der Waals surface area contributed by atoms with Crippen molar-refractivity contribution >= 4 is 0 Å². The first-order chi connectivity index (χ1) is 43.6. The van der Waals surface area contributed by atoms with E-state index in [1.54, 1.807) is 0 Å². The zero-order valence-electron chi connectivity index (χ0n) is 51.9. The van der Waals surface area contributed by atoms with Gasteiger partial charge in [0.15, 0.2) is 0 Å². The molecule has 0 saturated heterocycles. The molecule has 0 N–H and O–H groups in total. The van der Waals surface area contributed by atoms with Gasteiger partial charge in [-0.1, -0.05) is 129 Å². The van der Waals surface area contributed by atoms with E-state index in [0.717, 1.165) is 238 Å². The molecule has 5 aliphatic rings. The number of nitrogens with zero attached hydrogens (tertiary/aromatic N) is 4. The highest BCUT2D eigenvalue weighted by molar-refractivity contribution is 5.88. The molecule has 88 heavy (non-hydrogen) atoms. The summed E-state index contributed by atoms with van der Waals surface area (Å²) in [6, 6.07) is 26.7. The lowest BCUT2D eigenvalue weighted by molar-refractivity contribution is 0.206. The minimum atomic E-state index is -0.227. The van der Waals surface area contributed by atoms with E-state index in [4.69, 9.17) is 57.8 Å². The normalized spacial score (nSPS) is 18.0. The molecule has 0 radical (unpaired) electrons. The summed E-state index contributed by atoms with van der Waals surface area (Å²) in [5, 5.41) is 0. The minimum absolute atomic E-state index is 0.227. The van der Waals surface area contributed by atoms with Crippen molar-refractivity contribution in [1.82, 2.24) is 19.9 Å². The molecule has 12 nitrogen and oxygen atoms in total. The van der Waals surface area contributed by atoms with Gasteiger partial charge in [-0.05, 0) is 74.2 Å². The molecule has 4 aromatic heterocycles. The van der Waals surface area contributed by atoms with E-state index in [-0.39, 0.29) is 76.5 Å². The molecule has 8 heterocycles. The molecule has 1 aliphatic carbocycles. The Morgan fingerprint density at radius 1 is 0.284 bits per heavy atom. The molecule has 0 saturated carbocycles. The summed E-state index contributed by atoms with van der Waals surface area (Å²) in [5.74, 6) is 5.48. The monoisotopic (exact) mass is 1180 g/mol. The van der Waals surface area contributed by atoms with E-state index < -0.39 is 0 Å². The second-order valence-corrected chi connectivity index (χ2v) is 24.3. The first-order valence-corrected chi connectivity index (χ1v) is 33.1. The van der Waals surface area contributed by atoms with Gasteiger partial charge in [-0.15, -0.1) is 0 Å². The lowest BCUT2D eigenvalue weighted by Gasteiger charge is -2.33. The molecule has 4 aliphatic heterocycles. The molecule has 0 atom stereocenters. The fourth-order valence-corrected chi connectivity index (χ4v) is 14.6. The smallest absolute Gasteiger partial charge is 0.134 e. The second-order valence-electron chi connectivity index (χ2n) is 24.3. The Kier molecular flexibility index (Phi) is 18.4. The van der Waals surface area contributed by atoms with Crippen molar-refractivity contribution in [3.8, 4) is 90.5 Å². The quantitative estimate of drug-likeness (QED) is 0.0675. The SMILES string of the molecule is CCCCCC1c2cc3c4c(-c5cccnc5)c2OCCOc2c1cc1c(c2-c2cccnc2)OCCOc2c(cc5c(c2-c2cccnc2)OCCOc2c(cc(c(c2-c2cccnc2)OCCO4)C3CCCCC)C5CCCCC)C1CCCCC. The molecule has 8 bridgehead atoms. The molecule has 0 fully saturated rings. The predicted molar refractivity (Wildman–Crippen MR) is 347 cm³/mol. The van der Waals surface area contributed by atoms with Gasteiger partial charge in [0.05, 0.1) is 22.3 Å². The number of aromatic nitrogens is 4. The van der Waals surface area contributed by atoms with E-state index in [2.05, 4.69) is 76.2 Å². The summed E-state index contributed by atoms with van der Waals surface area (Å²) in [5.41, 5.74) is 16.1. The van der Waals surface area contributed by atoms with Crippen molar-refractivity contribution in [2.75, 3.05) is 52.9 Å². The highest BCUT2D eigenvalue weighted by atomic mass is 16.5. The van der Waals surface area contributed by atoms with Gasteiger partial charge in [-0.25, -0.2) is 0 Å². The Balaban J connectivity index is 1.28. The Morgan fingerprint density at radius 2 is 0.477 bits per heavy atom. The summed E-state index contributed by atoms with van der Waals surface area (Å²) in [6.45, 7) is 11.4. The van der Waals surface area contributed by atoms with Crippen LogP contribution in [0.4, 0.5) is 0 Å². The lowest BCUT2D eigenvalue weighted by Crippen LogP contribution is -2.15. The first-order valence-electron chi connectivity index (χ1n) is 33.1. The van der Waals surface area contributed by atoms with E-state index in [1.807, 2.05) is 73.8 Å². The van der Waals surface area contributed by atoms with Crippen molar-refractivity contribution in [2.45, 2.75) is 154 Å². The number of benzene rings is 4. The molecular formula is C76H84N4O8. The Bertz CT molecular complexity index is 3080. The van der Waals surface area contributed by atoms with E-state index in [0.29, 0.717) is 0 Å². The van der Waals surface area contributed by atoms with Crippen molar-refractivity contribution < 1.29 is 37.9 Å². The number of unbranched alkanes of at least 4 members (excludes halogenated alkanes) is 8. The van der Waals surface area contributed by atoms with Gasteiger partial charge in [-0.2, -0.15) is 0 Å². The van der Waals surface area contributed by atoms with Crippen LogP contribution in [0.25, 0.3) is 44.5 Å². The molecule has 0 unspecified atom stereocenters. The third-order valence-corrected chi connectivity index (χ3v) is 18.7. The van der Waals surface area contributed by atoms with Crippen molar-refractivity contribution in [2.24, 2.45) is 0 Å². The molecular weight excluding hydrogens is 1100 g/mol. The number of hydrogen-bond acceptors (Lipinski definition) is 12. The van der Waals surface area contributed by atoms with E-state index in [1.165, 1.54) is 0 Å². The van der Waals surface area contributed by atoms with Gasteiger partial charge in [0, 0.05) is 140 Å². The zero-order valence-corrected chi connectivity index (χ0v) is 51.9. The van der Waals surface area contributed by atoms with E-state index >= 15 is 0 Å². The average molecular weight is 1180 g/mol. The number of rotatable bonds is 20. The fraction of sp³-hybridized carbons (Fsp3) is 0.421. The van der Waals surface area contributed by atoms with Crippen LogP contribution >= 0.6 is 0 Å². The van der Waals surface area contributed by atoms with Crippen LogP contribution < -0.4 is 37.9 Å². The molecule has 0 spiro atoms. The summed E-state index contributed by atoms with van der Waals surface area (Å²) >= 11 is 0. The molecule has 8 aromatic rings. The van der Waals surface area contributed by atoms with Crippen LogP contribution in [0.5, 0.6) is 46.0 Å². The summed E-state index contributed by atoms with van der Waals surface area (Å²) in [4.78, 5) is 19.3. The molecule has 456 valence electrons. The molecule has 12 heteroatoms. The zero-order chi connectivity index (χ0) is 59.8. The first kappa shape index (κ1) is 58.9. The van der Waals surface area contributed by atoms with Crippen LogP contribution in [-0.4, -0.2) is 72.8 Å². The third-order valence-electron chi connectivity index (χ3n) is 18.7. The fourth-order valence-electron chi connectivity index (χ4n) is 14.6. The van der Waals surface area contributed by atoms with Gasteiger partial charge < -0.3 is 37.9 Å². The van der Waals surface area contributed by atoms with E-state index in [9.17, 15) is 0 Å². The average Bonchev–Trinajstić information content (AvgIpc) is 2.58. The topological polar surface area (TPSA) is 125 Å². The Hall–Kier alpha value is -8.12. The molecule has 4 aromatic carbocycles. The Labute approximate surface area is 519 Å². The maximum absolute atomic E-state index is 7.41. The largest absolute Gasteiger partial charge is 0.489 e. The highest BCUT2D eigenvalue weighted by Gasteiger charge is 2.42. The standard InChI is InChI=1S/C76H84N4O8/c1-5-9-13-25-53-57-41-59-54(26-14-10-6-2)61-43-63-56(28-16-12-8-4)64-44-62-55(27-15-11-7-3)60-42-58(53)70-66(50-22-18-30-78-46-50)72(60)84-36-38-86-74(62)68(52-24-20-32-80-48-52)76(64)88-40-39-87-75(63)67(51-23-19-31-79-47-51)73(61)85-37-35-83-71(59)65(49-21-17-29-77-45-49)69(57)81-33-34-82-70/h17-24,29-32,41-48,53-56H,5-16,25-28,33-40H2,1-4H3.